The predicted molar refractivity (Wildman–Crippen MR) is 103 cm³/mol. The van der Waals surface area contributed by atoms with E-state index >= 15 is 0 Å². The number of aromatic hydroxyl groups is 2. The Labute approximate surface area is 155 Å². The van der Waals surface area contributed by atoms with Gasteiger partial charge >= 0.3 is 5.63 Å². The first-order valence-corrected chi connectivity index (χ1v) is 8.58. The zero-order chi connectivity index (χ0) is 19.0. The maximum absolute atomic E-state index is 12.4. The van der Waals surface area contributed by atoms with E-state index in [1.807, 2.05) is 36.4 Å². The molecule has 0 saturated heterocycles. The third-order valence-electron chi connectivity index (χ3n) is 4.54. The molecule has 0 aliphatic carbocycles. The van der Waals surface area contributed by atoms with Crippen LogP contribution in [0, 0.1) is 6.92 Å². The Morgan fingerprint density at radius 2 is 1.81 bits per heavy atom. The lowest BCUT2D eigenvalue weighted by atomic mass is 9.97. The lowest BCUT2D eigenvalue weighted by molar-refractivity contribution is 0.432. The molecule has 1 aromatic heterocycles. The summed E-state index contributed by atoms with van der Waals surface area (Å²) in [6, 6.07) is 15.5. The van der Waals surface area contributed by atoms with Crippen LogP contribution in [0.15, 0.2) is 68.8 Å². The van der Waals surface area contributed by atoms with Crippen molar-refractivity contribution in [2.75, 3.05) is 5.32 Å². The smallest absolute Gasteiger partial charge is 0.348 e. The summed E-state index contributed by atoms with van der Waals surface area (Å²) in [5.74, 6) is 0.304. The molecule has 1 aliphatic heterocycles. The van der Waals surface area contributed by atoms with Gasteiger partial charge < -0.3 is 19.9 Å². The molecule has 2 heterocycles. The van der Waals surface area contributed by atoms with E-state index in [1.165, 1.54) is 6.07 Å². The lowest BCUT2D eigenvalue weighted by Crippen LogP contribution is -2.20. The fourth-order valence-corrected chi connectivity index (χ4v) is 3.31. The topological polar surface area (TPSA) is 95.1 Å². The minimum absolute atomic E-state index is 0.0412. The minimum Gasteiger partial charge on any atom is -0.508 e. The number of phenols is 1. The number of nitrogens with one attached hydrogen (secondary N) is 1. The molecule has 136 valence electrons. The van der Waals surface area contributed by atoms with Gasteiger partial charge in [-0.1, -0.05) is 30.3 Å². The van der Waals surface area contributed by atoms with E-state index < -0.39 is 5.63 Å². The number of phenolic OH excluding ortho intramolecular Hbond substituents is 1. The Kier molecular flexibility index (Phi) is 4.16. The van der Waals surface area contributed by atoms with Crippen LogP contribution in [0.1, 0.15) is 29.3 Å². The van der Waals surface area contributed by atoms with Crippen LogP contribution < -0.4 is 10.9 Å². The van der Waals surface area contributed by atoms with Gasteiger partial charge in [0.15, 0.2) is 0 Å². The van der Waals surface area contributed by atoms with Gasteiger partial charge in [-0.25, -0.2) is 4.79 Å². The molecule has 0 saturated carbocycles. The van der Waals surface area contributed by atoms with Gasteiger partial charge in [0, 0.05) is 18.1 Å². The minimum atomic E-state index is -0.637. The third kappa shape index (κ3) is 3.17. The molecular formula is C21H18N2O4. The van der Waals surface area contributed by atoms with Crippen LogP contribution in [0.2, 0.25) is 0 Å². The molecule has 1 atom stereocenters. The molecule has 0 radical (unpaired) electrons. The van der Waals surface area contributed by atoms with Crippen LogP contribution in [0.4, 0.5) is 11.4 Å². The molecule has 4 rings (SSSR count). The number of para-hydroxylation sites is 3. The highest BCUT2D eigenvalue weighted by Gasteiger charge is 2.26. The number of anilines is 1. The van der Waals surface area contributed by atoms with Gasteiger partial charge in [-0.2, -0.15) is 0 Å². The van der Waals surface area contributed by atoms with Crippen LogP contribution in [0.25, 0.3) is 0 Å². The van der Waals surface area contributed by atoms with Gasteiger partial charge in [-0.05, 0) is 25.1 Å². The average molecular weight is 362 g/mol. The van der Waals surface area contributed by atoms with Crippen LogP contribution in [0.3, 0.4) is 0 Å². The van der Waals surface area contributed by atoms with Crippen molar-refractivity contribution >= 4 is 17.1 Å². The Balaban J connectivity index is 1.90. The van der Waals surface area contributed by atoms with E-state index in [4.69, 9.17) is 4.42 Å². The van der Waals surface area contributed by atoms with Crippen molar-refractivity contribution in [2.45, 2.75) is 19.4 Å². The molecule has 0 amide bonds. The zero-order valence-electron chi connectivity index (χ0n) is 14.6. The monoisotopic (exact) mass is 362 g/mol. The SMILES string of the molecule is Cc1cc(O)c(C2=Nc3ccccc3N[C@@H](c3ccccc3O)C2)c(=O)o1. The molecule has 0 spiro atoms. The van der Waals surface area contributed by atoms with Gasteiger partial charge in [0.25, 0.3) is 0 Å². The van der Waals surface area contributed by atoms with E-state index in [2.05, 4.69) is 10.3 Å². The van der Waals surface area contributed by atoms with E-state index in [-0.39, 0.29) is 29.5 Å². The highest BCUT2D eigenvalue weighted by molar-refractivity contribution is 6.05. The summed E-state index contributed by atoms with van der Waals surface area (Å²) >= 11 is 0. The number of aliphatic imine (C=N–C) groups is 1. The maximum Gasteiger partial charge on any atom is 0.348 e. The Bertz CT molecular complexity index is 1100. The molecule has 27 heavy (non-hydrogen) atoms. The summed E-state index contributed by atoms with van der Waals surface area (Å²) in [7, 11) is 0. The van der Waals surface area contributed by atoms with Crippen molar-refractivity contribution in [3.05, 3.63) is 81.9 Å². The number of nitrogens with zero attached hydrogens (tertiary/aromatic N) is 1. The van der Waals surface area contributed by atoms with Crippen molar-refractivity contribution in [2.24, 2.45) is 4.99 Å². The van der Waals surface area contributed by atoms with E-state index in [0.717, 1.165) is 5.69 Å². The molecule has 1 aliphatic rings. The number of rotatable bonds is 2. The molecule has 3 aromatic rings. The lowest BCUT2D eigenvalue weighted by Gasteiger charge is -2.20. The van der Waals surface area contributed by atoms with Crippen molar-refractivity contribution in [1.29, 1.82) is 0 Å². The largest absolute Gasteiger partial charge is 0.508 e. The van der Waals surface area contributed by atoms with Crippen LogP contribution in [-0.2, 0) is 0 Å². The summed E-state index contributed by atoms with van der Waals surface area (Å²) in [5, 5.41) is 24.0. The van der Waals surface area contributed by atoms with E-state index in [1.54, 1.807) is 19.1 Å². The number of benzene rings is 2. The van der Waals surface area contributed by atoms with Crippen molar-refractivity contribution in [1.82, 2.24) is 0 Å². The number of aryl methyl sites for hydroxylation is 1. The number of hydrogen-bond acceptors (Lipinski definition) is 6. The number of hydrogen-bond donors (Lipinski definition) is 3. The Morgan fingerprint density at radius 3 is 2.59 bits per heavy atom. The summed E-state index contributed by atoms with van der Waals surface area (Å²) in [5.41, 5.74) is 1.90. The molecular weight excluding hydrogens is 344 g/mol. The second kappa shape index (κ2) is 6.64. The van der Waals surface area contributed by atoms with Gasteiger partial charge in [0.2, 0.25) is 0 Å². The summed E-state index contributed by atoms with van der Waals surface area (Å²) in [4.78, 5) is 17.0. The molecule has 2 aromatic carbocycles. The highest BCUT2D eigenvalue weighted by Crippen LogP contribution is 2.38. The quantitative estimate of drug-likeness (QED) is 0.639. The fraction of sp³-hybridized carbons (Fsp3) is 0.143. The molecule has 0 unspecified atom stereocenters. The van der Waals surface area contributed by atoms with Gasteiger partial charge in [-0.3, -0.25) is 4.99 Å². The normalized spacial score (nSPS) is 16.0. The summed E-state index contributed by atoms with van der Waals surface area (Å²) < 4.78 is 5.17. The first-order valence-electron chi connectivity index (χ1n) is 8.58. The second-order valence-corrected chi connectivity index (χ2v) is 6.44. The van der Waals surface area contributed by atoms with Crippen LogP contribution in [0.5, 0.6) is 11.5 Å². The predicted octanol–water partition coefficient (Wildman–Crippen LogP) is 4.04. The highest BCUT2D eigenvalue weighted by atomic mass is 16.4. The van der Waals surface area contributed by atoms with Crippen molar-refractivity contribution in [3.63, 3.8) is 0 Å². The van der Waals surface area contributed by atoms with Crippen LogP contribution in [-0.4, -0.2) is 15.9 Å². The van der Waals surface area contributed by atoms with Gasteiger partial charge in [0.05, 0.1) is 23.1 Å². The summed E-state index contributed by atoms with van der Waals surface area (Å²) in [6.07, 6.45) is 0.285. The fourth-order valence-electron chi connectivity index (χ4n) is 3.31. The molecule has 0 fully saturated rings. The van der Waals surface area contributed by atoms with Gasteiger partial charge in [-0.15, -0.1) is 0 Å². The van der Waals surface area contributed by atoms with E-state index in [9.17, 15) is 15.0 Å². The van der Waals surface area contributed by atoms with Gasteiger partial charge in [0.1, 0.15) is 22.8 Å². The third-order valence-corrected chi connectivity index (χ3v) is 4.54. The van der Waals surface area contributed by atoms with Crippen LogP contribution >= 0.6 is 0 Å². The summed E-state index contributed by atoms with van der Waals surface area (Å²) in [6.45, 7) is 1.60. The number of fused-ring (bicyclic) bond motifs is 1. The Morgan fingerprint density at radius 1 is 1.07 bits per heavy atom. The Hall–Kier alpha value is -3.54. The second-order valence-electron chi connectivity index (χ2n) is 6.44. The maximum atomic E-state index is 12.4. The molecule has 3 N–H and O–H groups in total. The van der Waals surface area contributed by atoms with Crippen molar-refractivity contribution in [3.8, 4) is 11.5 Å². The standard InChI is InChI=1S/C21H18N2O4/c1-12-10-19(25)20(21(26)27-12)17-11-16(13-6-2-5-9-18(13)24)22-14-7-3-4-8-15(14)23-17/h2-10,16,22,24-25H,11H2,1H3/t16-/m1/s1. The van der Waals surface area contributed by atoms with E-state index in [0.29, 0.717) is 22.7 Å². The molecule has 6 nitrogen and oxygen atoms in total. The first kappa shape index (κ1) is 16.9. The molecule has 6 heteroatoms. The zero-order valence-corrected chi connectivity index (χ0v) is 14.6. The first-order chi connectivity index (χ1) is 13.0. The average Bonchev–Trinajstić information content (AvgIpc) is 2.80. The molecule has 0 bridgehead atoms. The van der Waals surface area contributed by atoms with Crippen molar-refractivity contribution < 1.29 is 14.6 Å².